The lowest BCUT2D eigenvalue weighted by Gasteiger charge is -2.08. The predicted molar refractivity (Wildman–Crippen MR) is 98.7 cm³/mol. The van der Waals surface area contributed by atoms with E-state index in [1.165, 1.54) is 0 Å². The van der Waals surface area contributed by atoms with Crippen LogP contribution in [0.4, 0.5) is 5.69 Å². The summed E-state index contributed by atoms with van der Waals surface area (Å²) < 4.78 is 0. The Hall–Kier alpha value is -3.67. The third-order valence-corrected chi connectivity index (χ3v) is 4.39. The number of fused-ring (bicyclic) bond motifs is 1. The van der Waals surface area contributed by atoms with Crippen LogP contribution in [0.15, 0.2) is 48.8 Å². The van der Waals surface area contributed by atoms with E-state index in [-0.39, 0.29) is 11.6 Å². The van der Waals surface area contributed by atoms with Crippen molar-refractivity contribution in [1.82, 2.24) is 9.97 Å². The standard InChI is InChI=1S/C20H15N3O3/c1-11-9-17(20(25)26)22-16(11)10-14-18-13(12-5-7-21-8-6-12)3-2-4-15(18)23-19(14)24/h2-10,22H,1H3,(H,23,24)(H,25,26). The van der Waals surface area contributed by atoms with E-state index in [1.807, 2.05) is 30.3 Å². The maximum atomic E-state index is 12.5. The third-order valence-electron chi connectivity index (χ3n) is 4.39. The van der Waals surface area contributed by atoms with E-state index in [4.69, 9.17) is 5.11 Å². The molecule has 1 aliphatic rings. The van der Waals surface area contributed by atoms with Gasteiger partial charge in [0.15, 0.2) is 0 Å². The molecule has 0 aliphatic carbocycles. The number of pyridine rings is 1. The lowest BCUT2D eigenvalue weighted by Crippen LogP contribution is -2.03. The summed E-state index contributed by atoms with van der Waals surface area (Å²) in [4.78, 5) is 30.6. The lowest BCUT2D eigenvalue weighted by atomic mass is 9.95. The molecule has 3 N–H and O–H groups in total. The van der Waals surface area contributed by atoms with Crippen LogP contribution in [-0.4, -0.2) is 27.0 Å². The molecule has 3 heterocycles. The molecule has 6 nitrogen and oxygen atoms in total. The number of carbonyl (C=O) groups is 2. The number of anilines is 1. The highest BCUT2D eigenvalue weighted by Crippen LogP contribution is 2.40. The SMILES string of the molecule is Cc1cc(C(=O)O)[nH]c1C=C1C(=O)Nc2cccc(-c3ccncc3)c21. The number of H-pyrrole nitrogens is 1. The topological polar surface area (TPSA) is 95.1 Å². The molecule has 0 fully saturated rings. The zero-order valence-corrected chi connectivity index (χ0v) is 13.9. The van der Waals surface area contributed by atoms with Gasteiger partial charge in [-0.25, -0.2) is 4.79 Å². The minimum absolute atomic E-state index is 0.0930. The maximum absolute atomic E-state index is 12.5. The first kappa shape index (κ1) is 15.8. The number of carboxylic acid groups (broad SMARTS) is 1. The van der Waals surface area contributed by atoms with Crippen molar-refractivity contribution in [2.45, 2.75) is 6.92 Å². The average Bonchev–Trinajstić information content (AvgIpc) is 3.16. The Balaban J connectivity index is 1.89. The highest BCUT2D eigenvalue weighted by molar-refractivity contribution is 6.36. The summed E-state index contributed by atoms with van der Waals surface area (Å²) in [5.74, 6) is -1.25. The second-order valence-electron chi connectivity index (χ2n) is 6.06. The number of aromatic nitrogens is 2. The predicted octanol–water partition coefficient (Wildman–Crippen LogP) is 3.58. The van der Waals surface area contributed by atoms with E-state index in [0.29, 0.717) is 11.3 Å². The van der Waals surface area contributed by atoms with Gasteiger partial charge in [-0.15, -0.1) is 0 Å². The number of carboxylic acids is 1. The molecule has 1 aromatic carbocycles. The Bertz CT molecular complexity index is 1070. The van der Waals surface area contributed by atoms with Crippen LogP contribution in [0.1, 0.15) is 27.3 Å². The van der Waals surface area contributed by atoms with E-state index in [0.717, 1.165) is 27.9 Å². The summed E-state index contributed by atoms with van der Waals surface area (Å²) in [5, 5.41) is 12.0. The average molecular weight is 345 g/mol. The van der Waals surface area contributed by atoms with Gasteiger partial charge in [-0.05, 0) is 54.0 Å². The van der Waals surface area contributed by atoms with Gasteiger partial charge in [0.05, 0.1) is 5.57 Å². The van der Waals surface area contributed by atoms with E-state index in [1.54, 1.807) is 31.5 Å². The van der Waals surface area contributed by atoms with Crippen molar-refractivity contribution in [3.8, 4) is 11.1 Å². The molecular formula is C20H15N3O3. The summed E-state index contributed by atoms with van der Waals surface area (Å²) >= 11 is 0. The van der Waals surface area contributed by atoms with Gasteiger partial charge in [0.25, 0.3) is 5.91 Å². The van der Waals surface area contributed by atoms with Gasteiger partial charge < -0.3 is 15.4 Å². The highest BCUT2D eigenvalue weighted by Gasteiger charge is 2.27. The first-order chi connectivity index (χ1) is 12.5. The zero-order chi connectivity index (χ0) is 18.3. The number of rotatable bonds is 3. The number of amides is 1. The summed E-state index contributed by atoms with van der Waals surface area (Å²) in [6.07, 6.45) is 5.11. The second kappa shape index (κ2) is 6.00. The van der Waals surface area contributed by atoms with E-state index in [2.05, 4.69) is 15.3 Å². The Morgan fingerprint density at radius 1 is 1.19 bits per heavy atom. The number of aromatic amines is 1. The van der Waals surface area contributed by atoms with Gasteiger partial charge in [0.1, 0.15) is 5.69 Å². The number of aryl methyl sites for hydroxylation is 1. The van der Waals surface area contributed by atoms with Crippen molar-refractivity contribution in [1.29, 1.82) is 0 Å². The van der Waals surface area contributed by atoms with E-state index >= 15 is 0 Å². The van der Waals surface area contributed by atoms with Crippen molar-refractivity contribution in [3.63, 3.8) is 0 Å². The molecule has 26 heavy (non-hydrogen) atoms. The van der Waals surface area contributed by atoms with Crippen LogP contribution < -0.4 is 5.32 Å². The van der Waals surface area contributed by atoms with Gasteiger partial charge in [-0.1, -0.05) is 12.1 Å². The number of nitrogens with zero attached hydrogens (tertiary/aromatic N) is 1. The fraction of sp³-hybridized carbons (Fsp3) is 0.0500. The fourth-order valence-corrected chi connectivity index (χ4v) is 3.14. The summed E-state index contributed by atoms with van der Waals surface area (Å²) in [6, 6.07) is 11.0. The molecule has 0 saturated carbocycles. The van der Waals surface area contributed by atoms with Crippen molar-refractivity contribution in [2.75, 3.05) is 5.32 Å². The third kappa shape index (κ3) is 2.57. The maximum Gasteiger partial charge on any atom is 0.352 e. The number of hydrogen-bond donors (Lipinski definition) is 3. The Morgan fingerprint density at radius 2 is 1.96 bits per heavy atom. The van der Waals surface area contributed by atoms with Crippen molar-refractivity contribution >= 4 is 29.2 Å². The Labute approximate surface area is 149 Å². The van der Waals surface area contributed by atoms with Crippen LogP contribution >= 0.6 is 0 Å². The zero-order valence-electron chi connectivity index (χ0n) is 13.9. The quantitative estimate of drug-likeness (QED) is 0.632. The molecule has 0 radical (unpaired) electrons. The van der Waals surface area contributed by atoms with Gasteiger partial charge in [-0.3, -0.25) is 9.78 Å². The first-order valence-electron chi connectivity index (χ1n) is 8.04. The van der Waals surface area contributed by atoms with Gasteiger partial charge in [-0.2, -0.15) is 0 Å². The van der Waals surface area contributed by atoms with Crippen LogP contribution in [0.25, 0.3) is 22.8 Å². The van der Waals surface area contributed by atoms with Crippen LogP contribution in [0.3, 0.4) is 0 Å². The molecular weight excluding hydrogens is 330 g/mol. The molecule has 0 bridgehead atoms. The summed E-state index contributed by atoms with van der Waals surface area (Å²) in [6.45, 7) is 1.80. The van der Waals surface area contributed by atoms with Crippen molar-refractivity contribution < 1.29 is 14.7 Å². The lowest BCUT2D eigenvalue weighted by molar-refractivity contribution is -0.110. The molecule has 0 saturated heterocycles. The minimum atomic E-state index is -1.04. The van der Waals surface area contributed by atoms with Crippen LogP contribution in [0, 0.1) is 6.92 Å². The van der Waals surface area contributed by atoms with Crippen LogP contribution in [0.2, 0.25) is 0 Å². The number of aromatic carboxylic acids is 1. The minimum Gasteiger partial charge on any atom is -0.477 e. The largest absolute Gasteiger partial charge is 0.477 e. The normalized spacial score (nSPS) is 14.3. The van der Waals surface area contributed by atoms with Crippen molar-refractivity contribution in [2.24, 2.45) is 0 Å². The molecule has 0 unspecified atom stereocenters. The highest BCUT2D eigenvalue weighted by atomic mass is 16.4. The Morgan fingerprint density at radius 3 is 2.65 bits per heavy atom. The molecule has 3 aromatic rings. The number of carbonyl (C=O) groups excluding carboxylic acids is 1. The Kier molecular flexibility index (Phi) is 3.65. The molecule has 4 rings (SSSR count). The molecule has 0 atom stereocenters. The number of hydrogen-bond acceptors (Lipinski definition) is 3. The smallest absolute Gasteiger partial charge is 0.352 e. The first-order valence-corrected chi connectivity index (χ1v) is 8.04. The summed E-state index contributed by atoms with van der Waals surface area (Å²) in [5.41, 5.74) is 5.35. The molecule has 6 heteroatoms. The fourth-order valence-electron chi connectivity index (χ4n) is 3.14. The number of nitrogens with one attached hydrogen (secondary N) is 2. The van der Waals surface area contributed by atoms with E-state index in [9.17, 15) is 9.59 Å². The summed E-state index contributed by atoms with van der Waals surface area (Å²) in [7, 11) is 0. The van der Waals surface area contributed by atoms with E-state index < -0.39 is 5.97 Å². The number of benzene rings is 1. The molecule has 2 aromatic heterocycles. The monoisotopic (exact) mass is 345 g/mol. The van der Waals surface area contributed by atoms with Crippen LogP contribution in [0.5, 0.6) is 0 Å². The molecule has 1 amide bonds. The van der Waals surface area contributed by atoms with Crippen LogP contribution in [-0.2, 0) is 4.79 Å². The molecule has 1 aliphatic heterocycles. The van der Waals surface area contributed by atoms with Gasteiger partial charge >= 0.3 is 5.97 Å². The van der Waals surface area contributed by atoms with Gasteiger partial charge in [0, 0.05) is 29.3 Å². The van der Waals surface area contributed by atoms with Gasteiger partial charge in [0.2, 0.25) is 0 Å². The van der Waals surface area contributed by atoms with Crippen molar-refractivity contribution in [3.05, 3.63) is 71.3 Å². The second-order valence-corrected chi connectivity index (χ2v) is 6.06. The molecule has 128 valence electrons. The molecule has 0 spiro atoms.